The second-order valence-corrected chi connectivity index (χ2v) is 4.95. The van der Waals surface area contributed by atoms with Crippen LogP contribution in [0.4, 0.5) is 0 Å². The fourth-order valence-corrected chi connectivity index (χ4v) is 2.57. The monoisotopic (exact) mass is 309 g/mol. The van der Waals surface area contributed by atoms with E-state index in [1.54, 1.807) is 0 Å². The number of rotatable bonds is 4. The second-order valence-electron chi connectivity index (χ2n) is 4.95. The van der Waals surface area contributed by atoms with Gasteiger partial charge >= 0.3 is 0 Å². The molecule has 0 bridgehead atoms. The molecule has 0 aromatic carbocycles. The second kappa shape index (κ2) is 8.80. The summed E-state index contributed by atoms with van der Waals surface area (Å²) in [6.07, 6.45) is 4.94. The van der Waals surface area contributed by atoms with E-state index < -0.39 is 0 Å². The number of aromatic nitrogens is 1. The van der Waals surface area contributed by atoms with Crippen LogP contribution >= 0.6 is 24.8 Å². The van der Waals surface area contributed by atoms with Gasteiger partial charge in [0.25, 0.3) is 0 Å². The van der Waals surface area contributed by atoms with Crippen LogP contribution in [0.25, 0.3) is 0 Å². The Morgan fingerprint density at radius 3 is 2.63 bits per heavy atom. The fourth-order valence-electron chi connectivity index (χ4n) is 2.57. The Kier molecular flexibility index (Phi) is 8.66. The highest BCUT2D eigenvalue weighted by Gasteiger charge is 2.23. The lowest BCUT2D eigenvalue weighted by Crippen LogP contribution is -2.40. The molecule has 0 amide bonds. The zero-order valence-corrected chi connectivity index (χ0v) is 13.4. The lowest BCUT2D eigenvalue weighted by atomic mass is 9.99. The van der Waals surface area contributed by atoms with Gasteiger partial charge < -0.3 is 10.2 Å². The van der Waals surface area contributed by atoms with Crippen LogP contribution in [0.1, 0.15) is 43.0 Å². The van der Waals surface area contributed by atoms with Gasteiger partial charge in [-0.15, -0.1) is 24.8 Å². The van der Waals surface area contributed by atoms with Gasteiger partial charge in [-0.05, 0) is 46.2 Å². The number of nitrogens with two attached hydrogens (primary N) is 1. The molecule has 1 saturated heterocycles. The number of oxazole rings is 1. The van der Waals surface area contributed by atoms with Crippen LogP contribution in [0, 0.1) is 13.8 Å². The quantitative estimate of drug-likeness (QED) is 0.929. The van der Waals surface area contributed by atoms with Crippen molar-refractivity contribution in [1.82, 2.24) is 9.88 Å². The lowest BCUT2D eigenvalue weighted by Gasteiger charge is -2.34. The molecule has 1 aromatic rings. The highest BCUT2D eigenvalue weighted by Crippen LogP contribution is 2.22. The largest absolute Gasteiger partial charge is 0.444 e. The molecule has 19 heavy (non-hydrogen) atoms. The number of aryl methyl sites for hydroxylation is 2. The van der Waals surface area contributed by atoms with Crippen molar-refractivity contribution in [1.29, 1.82) is 0 Å². The fraction of sp³-hybridized carbons (Fsp3) is 0.769. The normalized spacial score (nSPS) is 19.6. The lowest BCUT2D eigenvalue weighted by molar-refractivity contribution is 0.122. The van der Waals surface area contributed by atoms with Crippen molar-refractivity contribution in [2.24, 2.45) is 5.73 Å². The van der Waals surface area contributed by atoms with E-state index in [2.05, 4.69) is 9.88 Å². The minimum Gasteiger partial charge on any atom is -0.444 e. The molecular weight excluding hydrogens is 285 g/mol. The Hall–Kier alpha value is -0.290. The van der Waals surface area contributed by atoms with Gasteiger partial charge in [-0.25, -0.2) is 4.98 Å². The van der Waals surface area contributed by atoms with Crippen LogP contribution < -0.4 is 5.73 Å². The maximum atomic E-state index is 5.68. The average molecular weight is 310 g/mol. The molecule has 1 aliphatic rings. The molecule has 1 aliphatic heterocycles. The van der Waals surface area contributed by atoms with Crippen LogP contribution in [-0.2, 0) is 6.54 Å². The highest BCUT2D eigenvalue weighted by atomic mass is 35.5. The van der Waals surface area contributed by atoms with Gasteiger partial charge in [0.2, 0.25) is 5.89 Å². The molecule has 112 valence electrons. The van der Waals surface area contributed by atoms with Crippen LogP contribution in [-0.4, -0.2) is 29.0 Å². The molecule has 1 unspecified atom stereocenters. The van der Waals surface area contributed by atoms with E-state index in [1.807, 2.05) is 13.8 Å². The first kappa shape index (κ1) is 18.7. The van der Waals surface area contributed by atoms with Crippen molar-refractivity contribution in [3.63, 3.8) is 0 Å². The summed E-state index contributed by atoms with van der Waals surface area (Å²) in [5.74, 6) is 1.79. The van der Waals surface area contributed by atoms with Crippen LogP contribution in [0.5, 0.6) is 0 Å². The highest BCUT2D eigenvalue weighted by molar-refractivity contribution is 5.85. The molecule has 6 heteroatoms. The molecule has 1 fully saturated rings. The van der Waals surface area contributed by atoms with Crippen molar-refractivity contribution in [2.45, 2.75) is 52.1 Å². The van der Waals surface area contributed by atoms with E-state index >= 15 is 0 Å². The summed E-state index contributed by atoms with van der Waals surface area (Å²) in [6, 6.07) is 0.612. The molecular formula is C13H25Cl2N3O. The number of hydrogen-bond acceptors (Lipinski definition) is 4. The Morgan fingerprint density at radius 2 is 2.05 bits per heavy atom. The van der Waals surface area contributed by atoms with Gasteiger partial charge in [-0.3, -0.25) is 4.90 Å². The molecule has 0 saturated carbocycles. The first-order chi connectivity index (χ1) is 8.20. The summed E-state index contributed by atoms with van der Waals surface area (Å²) >= 11 is 0. The maximum Gasteiger partial charge on any atom is 0.208 e. The van der Waals surface area contributed by atoms with E-state index in [1.165, 1.54) is 19.3 Å². The van der Waals surface area contributed by atoms with Crippen molar-refractivity contribution < 1.29 is 4.42 Å². The van der Waals surface area contributed by atoms with Crippen molar-refractivity contribution in [3.05, 3.63) is 17.3 Å². The summed E-state index contributed by atoms with van der Waals surface area (Å²) in [5.41, 5.74) is 6.68. The van der Waals surface area contributed by atoms with Gasteiger partial charge in [0.15, 0.2) is 0 Å². The number of likely N-dealkylation sites (tertiary alicyclic amines) is 1. The Balaban J connectivity index is 0.00000162. The standard InChI is InChI=1S/C13H23N3O.2ClH/c1-10-11(2)17-13(15-10)9-16-8-4-3-5-12(16)6-7-14;;/h12H,3-9,14H2,1-2H3;2*1H. The Morgan fingerprint density at radius 1 is 1.32 bits per heavy atom. The summed E-state index contributed by atoms with van der Waals surface area (Å²) in [4.78, 5) is 6.93. The summed E-state index contributed by atoms with van der Waals surface area (Å²) in [5, 5.41) is 0. The van der Waals surface area contributed by atoms with Gasteiger partial charge in [-0.1, -0.05) is 6.42 Å². The molecule has 1 aromatic heterocycles. The maximum absolute atomic E-state index is 5.68. The molecule has 1 atom stereocenters. The molecule has 0 aliphatic carbocycles. The van der Waals surface area contributed by atoms with Crippen molar-refractivity contribution in [3.8, 4) is 0 Å². The molecule has 2 rings (SSSR count). The third-order valence-electron chi connectivity index (χ3n) is 3.66. The van der Waals surface area contributed by atoms with E-state index in [0.717, 1.165) is 43.4 Å². The third kappa shape index (κ3) is 4.95. The van der Waals surface area contributed by atoms with E-state index in [9.17, 15) is 0 Å². The average Bonchev–Trinajstić information content (AvgIpc) is 2.61. The first-order valence-corrected chi connectivity index (χ1v) is 6.57. The van der Waals surface area contributed by atoms with E-state index in [-0.39, 0.29) is 24.8 Å². The molecule has 0 spiro atoms. The van der Waals surface area contributed by atoms with Crippen LogP contribution in [0.2, 0.25) is 0 Å². The third-order valence-corrected chi connectivity index (χ3v) is 3.66. The number of halogens is 2. The van der Waals surface area contributed by atoms with Gasteiger partial charge in [-0.2, -0.15) is 0 Å². The van der Waals surface area contributed by atoms with Crippen LogP contribution in [0.3, 0.4) is 0 Å². The minimum absolute atomic E-state index is 0. The predicted octanol–water partition coefficient (Wildman–Crippen LogP) is 2.84. The molecule has 4 nitrogen and oxygen atoms in total. The minimum atomic E-state index is 0. The molecule has 2 N–H and O–H groups in total. The number of nitrogens with zero attached hydrogens (tertiary/aromatic N) is 2. The Labute approximate surface area is 127 Å². The van der Waals surface area contributed by atoms with E-state index in [4.69, 9.17) is 10.2 Å². The van der Waals surface area contributed by atoms with Crippen molar-refractivity contribution in [2.75, 3.05) is 13.1 Å². The number of hydrogen-bond donors (Lipinski definition) is 1. The topological polar surface area (TPSA) is 55.3 Å². The van der Waals surface area contributed by atoms with Crippen LogP contribution in [0.15, 0.2) is 4.42 Å². The molecule has 0 radical (unpaired) electrons. The summed E-state index contributed by atoms with van der Waals surface area (Å²) in [7, 11) is 0. The number of piperidine rings is 1. The zero-order chi connectivity index (χ0) is 12.3. The zero-order valence-electron chi connectivity index (χ0n) is 11.7. The van der Waals surface area contributed by atoms with Crippen molar-refractivity contribution >= 4 is 24.8 Å². The van der Waals surface area contributed by atoms with Gasteiger partial charge in [0.1, 0.15) is 5.76 Å². The van der Waals surface area contributed by atoms with E-state index in [0.29, 0.717) is 6.04 Å². The van der Waals surface area contributed by atoms with Gasteiger partial charge in [0.05, 0.1) is 12.2 Å². The van der Waals surface area contributed by atoms with Gasteiger partial charge in [0, 0.05) is 6.04 Å². The smallest absolute Gasteiger partial charge is 0.208 e. The first-order valence-electron chi connectivity index (χ1n) is 6.57. The Bertz CT molecular complexity index is 349. The SMILES string of the molecule is Cc1nc(CN2CCCCC2CCN)oc1C.Cl.Cl. The predicted molar refractivity (Wildman–Crippen MR) is 82.2 cm³/mol. The molecule has 2 heterocycles. The summed E-state index contributed by atoms with van der Waals surface area (Å²) in [6.45, 7) is 6.71. The summed E-state index contributed by atoms with van der Waals surface area (Å²) < 4.78 is 5.66.